The van der Waals surface area contributed by atoms with Crippen molar-refractivity contribution in [3.63, 3.8) is 0 Å². The van der Waals surface area contributed by atoms with E-state index < -0.39 is 0 Å². The molecule has 0 unspecified atom stereocenters. The highest BCUT2D eigenvalue weighted by Crippen LogP contribution is 2.16. The smallest absolute Gasteiger partial charge is 0.282 e. The highest BCUT2D eigenvalue weighted by Gasteiger charge is 2.29. The molecule has 1 atom stereocenters. The summed E-state index contributed by atoms with van der Waals surface area (Å²) in [6.45, 7) is 5.44. The van der Waals surface area contributed by atoms with Crippen molar-refractivity contribution in [1.29, 1.82) is 0 Å². The van der Waals surface area contributed by atoms with Gasteiger partial charge in [-0.3, -0.25) is 4.79 Å². The molecular formula is C19H22BrFN3O+. The molecule has 0 radical (unpaired) electrons. The lowest BCUT2D eigenvalue weighted by Gasteiger charge is -2.36. The Labute approximate surface area is 155 Å². The van der Waals surface area contributed by atoms with Gasteiger partial charge in [0.2, 0.25) is 0 Å². The average molecular weight is 407 g/mol. The first-order valence-corrected chi connectivity index (χ1v) is 9.24. The molecule has 132 valence electrons. The van der Waals surface area contributed by atoms with Crippen LogP contribution in [0.15, 0.2) is 53.0 Å². The Morgan fingerprint density at radius 2 is 1.88 bits per heavy atom. The first kappa shape index (κ1) is 17.9. The lowest BCUT2D eigenvalue weighted by Crippen LogP contribution is -3.19. The van der Waals surface area contributed by atoms with E-state index in [-0.39, 0.29) is 17.8 Å². The molecule has 0 aromatic heterocycles. The molecule has 3 rings (SSSR count). The van der Waals surface area contributed by atoms with Crippen molar-refractivity contribution in [2.45, 2.75) is 13.0 Å². The van der Waals surface area contributed by atoms with Crippen molar-refractivity contribution in [3.8, 4) is 0 Å². The van der Waals surface area contributed by atoms with E-state index in [9.17, 15) is 9.18 Å². The van der Waals surface area contributed by atoms with Gasteiger partial charge in [0.05, 0.1) is 26.2 Å². The number of quaternary nitrogens is 1. The minimum absolute atomic E-state index is 0.0309. The van der Waals surface area contributed by atoms with Gasteiger partial charge in [0.15, 0.2) is 6.04 Å². The summed E-state index contributed by atoms with van der Waals surface area (Å²) in [4.78, 5) is 16.0. The molecule has 1 saturated heterocycles. The zero-order valence-electron chi connectivity index (χ0n) is 14.1. The van der Waals surface area contributed by atoms with Gasteiger partial charge in [-0.2, -0.15) is 0 Å². The highest BCUT2D eigenvalue weighted by molar-refractivity contribution is 9.10. The van der Waals surface area contributed by atoms with Crippen LogP contribution in [0.5, 0.6) is 0 Å². The number of nitrogens with zero attached hydrogens (tertiary/aromatic N) is 1. The van der Waals surface area contributed by atoms with Crippen LogP contribution < -0.4 is 15.1 Å². The largest absolute Gasteiger partial charge is 0.360 e. The topological polar surface area (TPSA) is 36.8 Å². The van der Waals surface area contributed by atoms with Crippen LogP contribution >= 0.6 is 15.9 Å². The lowest BCUT2D eigenvalue weighted by atomic mass is 10.2. The molecule has 2 N–H and O–H groups in total. The number of hydrogen-bond donors (Lipinski definition) is 2. The Morgan fingerprint density at radius 3 is 2.52 bits per heavy atom. The molecule has 2 aromatic carbocycles. The van der Waals surface area contributed by atoms with E-state index in [1.54, 1.807) is 0 Å². The molecule has 0 aliphatic carbocycles. The van der Waals surface area contributed by atoms with Crippen LogP contribution in [0.25, 0.3) is 0 Å². The van der Waals surface area contributed by atoms with E-state index in [4.69, 9.17) is 0 Å². The number of benzene rings is 2. The summed E-state index contributed by atoms with van der Waals surface area (Å²) in [7, 11) is 0. The number of carbonyl (C=O) groups excluding carboxylic acids is 1. The molecule has 0 bridgehead atoms. The zero-order chi connectivity index (χ0) is 17.8. The standard InChI is InChI=1S/C19H21BrFN3O/c1-14(19(25)22-17-4-2-3-15(20)13-17)23-9-11-24(12-10-23)18-7-5-16(21)6-8-18/h2-8,13-14H,9-12H2,1H3,(H,22,25)/p+1/t14-/m0/s1. The van der Waals surface area contributed by atoms with E-state index in [1.165, 1.54) is 17.0 Å². The number of hydrogen-bond acceptors (Lipinski definition) is 2. The van der Waals surface area contributed by atoms with E-state index in [0.29, 0.717) is 0 Å². The summed E-state index contributed by atoms with van der Waals surface area (Å²) in [6.07, 6.45) is 0. The second-order valence-corrected chi connectivity index (χ2v) is 7.26. The third-order valence-electron chi connectivity index (χ3n) is 4.70. The van der Waals surface area contributed by atoms with Crippen LogP contribution in [0.2, 0.25) is 0 Å². The van der Waals surface area contributed by atoms with E-state index in [2.05, 4.69) is 26.1 Å². The summed E-state index contributed by atoms with van der Waals surface area (Å²) < 4.78 is 14.0. The van der Waals surface area contributed by atoms with Crippen LogP contribution in [0.1, 0.15) is 6.92 Å². The van der Waals surface area contributed by atoms with Crippen LogP contribution in [0, 0.1) is 5.82 Å². The molecular weight excluding hydrogens is 385 g/mol. The fraction of sp³-hybridized carbons (Fsp3) is 0.316. The van der Waals surface area contributed by atoms with E-state index in [1.807, 2.05) is 43.3 Å². The molecule has 1 heterocycles. The predicted molar refractivity (Wildman–Crippen MR) is 102 cm³/mol. The maximum Gasteiger partial charge on any atom is 0.282 e. The molecule has 0 spiro atoms. The number of piperazine rings is 1. The van der Waals surface area contributed by atoms with Crippen molar-refractivity contribution in [2.75, 3.05) is 36.4 Å². The van der Waals surface area contributed by atoms with Gasteiger partial charge in [0.1, 0.15) is 5.82 Å². The summed E-state index contributed by atoms with van der Waals surface area (Å²) in [5, 5.41) is 2.98. The first-order chi connectivity index (χ1) is 12.0. The van der Waals surface area contributed by atoms with Crippen molar-refractivity contribution in [1.82, 2.24) is 0 Å². The van der Waals surface area contributed by atoms with Gasteiger partial charge in [-0.25, -0.2) is 4.39 Å². The predicted octanol–water partition coefficient (Wildman–Crippen LogP) is 2.32. The molecule has 2 aromatic rings. The minimum Gasteiger partial charge on any atom is -0.360 e. The van der Waals surface area contributed by atoms with Gasteiger partial charge < -0.3 is 15.1 Å². The van der Waals surface area contributed by atoms with Crippen molar-refractivity contribution >= 4 is 33.2 Å². The zero-order valence-corrected chi connectivity index (χ0v) is 15.7. The van der Waals surface area contributed by atoms with E-state index >= 15 is 0 Å². The van der Waals surface area contributed by atoms with Crippen molar-refractivity contribution in [3.05, 3.63) is 58.8 Å². The second kappa shape index (κ2) is 7.97. The van der Waals surface area contributed by atoms with Crippen LogP contribution in [-0.4, -0.2) is 38.1 Å². The fourth-order valence-corrected chi connectivity index (χ4v) is 3.54. The molecule has 1 aliphatic rings. The van der Waals surface area contributed by atoms with Crippen molar-refractivity contribution < 1.29 is 14.1 Å². The Balaban J connectivity index is 1.54. The molecule has 6 heteroatoms. The third-order valence-corrected chi connectivity index (χ3v) is 5.19. The summed E-state index contributed by atoms with van der Waals surface area (Å²) in [6, 6.07) is 14.1. The molecule has 1 amide bonds. The van der Waals surface area contributed by atoms with Gasteiger partial charge in [0.25, 0.3) is 5.91 Å². The number of nitrogens with one attached hydrogen (secondary N) is 2. The fourth-order valence-electron chi connectivity index (χ4n) is 3.14. The summed E-state index contributed by atoms with van der Waals surface area (Å²) in [5.74, 6) is -0.186. The number of anilines is 2. The molecule has 0 saturated carbocycles. The molecule has 4 nitrogen and oxygen atoms in total. The SMILES string of the molecule is C[C@@H](C(=O)Nc1cccc(Br)c1)[NH+]1CCN(c2ccc(F)cc2)CC1. The minimum atomic E-state index is -0.217. The average Bonchev–Trinajstić information content (AvgIpc) is 2.62. The third kappa shape index (κ3) is 4.58. The van der Waals surface area contributed by atoms with E-state index in [0.717, 1.165) is 42.0 Å². The number of rotatable bonds is 4. The Kier molecular flexibility index (Phi) is 5.71. The van der Waals surface area contributed by atoms with Crippen LogP contribution in [0.4, 0.5) is 15.8 Å². The summed E-state index contributed by atoms with van der Waals surface area (Å²) >= 11 is 3.41. The quantitative estimate of drug-likeness (QED) is 0.817. The van der Waals surface area contributed by atoms with Gasteiger partial charge in [0, 0.05) is 15.8 Å². The van der Waals surface area contributed by atoms with Crippen LogP contribution in [0.3, 0.4) is 0 Å². The number of carbonyl (C=O) groups is 1. The Morgan fingerprint density at radius 1 is 1.20 bits per heavy atom. The normalized spacial score (nSPS) is 16.5. The van der Waals surface area contributed by atoms with Crippen LogP contribution in [-0.2, 0) is 4.79 Å². The number of halogens is 2. The van der Waals surface area contributed by atoms with Gasteiger partial charge in [-0.15, -0.1) is 0 Å². The number of amides is 1. The Bertz CT molecular complexity index is 730. The van der Waals surface area contributed by atoms with Crippen molar-refractivity contribution in [2.24, 2.45) is 0 Å². The maximum atomic E-state index is 13.0. The molecule has 1 fully saturated rings. The maximum absolute atomic E-state index is 13.0. The second-order valence-electron chi connectivity index (χ2n) is 6.34. The summed E-state index contributed by atoms with van der Waals surface area (Å²) in [5.41, 5.74) is 1.84. The highest BCUT2D eigenvalue weighted by atomic mass is 79.9. The Hall–Kier alpha value is -1.92. The molecule has 25 heavy (non-hydrogen) atoms. The van der Waals surface area contributed by atoms with Gasteiger partial charge in [-0.1, -0.05) is 22.0 Å². The first-order valence-electron chi connectivity index (χ1n) is 8.44. The monoisotopic (exact) mass is 406 g/mol. The van der Waals surface area contributed by atoms with Gasteiger partial charge >= 0.3 is 0 Å². The van der Waals surface area contributed by atoms with Gasteiger partial charge in [-0.05, 0) is 49.4 Å². The lowest BCUT2D eigenvalue weighted by molar-refractivity contribution is -0.914. The molecule has 1 aliphatic heterocycles.